The summed E-state index contributed by atoms with van der Waals surface area (Å²) >= 11 is 1.28. The van der Waals surface area contributed by atoms with Gasteiger partial charge < -0.3 is 20.7 Å². The molecule has 4 rings (SSSR count). The Bertz CT molecular complexity index is 1260. The van der Waals surface area contributed by atoms with E-state index in [-0.39, 0.29) is 17.6 Å². The van der Waals surface area contributed by atoms with Gasteiger partial charge >= 0.3 is 0 Å². The van der Waals surface area contributed by atoms with Crippen LogP contribution in [0.1, 0.15) is 18.5 Å². The summed E-state index contributed by atoms with van der Waals surface area (Å²) in [6, 6.07) is 25.7. The number of thioether (sulfide) groups is 1. The fourth-order valence-corrected chi connectivity index (χ4v) is 4.42. The first-order chi connectivity index (χ1) is 17.0. The molecule has 0 aromatic heterocycles. The Morgan fingerprint density at radius 1 is 0.943 bits per heavy atom. The predicted octanol–water partition coefficient (Wildman–Crippen LogP) is 4.98. The van der Waals surface area contributed by atoms with Crippen LogP contribution in [0.5, 0.6) is 5.75 Å². The summed E-state index contributed by atoms with van der Waals surface area (Å²) in [5, 5.41) is 9.60. The number of amidine groups is 1. The highest BCUT2D eigenvalue weighted by molar-refractivity contribution is 8.14. The maximum absolute atomic E-state index is 13.2. The lowest BCUT2D eigenvalue weighted by molar-refractivity contribution is -0.114. The number of carbonyl (C=O) groups is 2. The Morgan fingerprint density at radius 2 is 1.60 bits per heavy atom. The Labute approximate surface area is 208 Å². The number of methoxy groups -OCH3 is 1. The first-order valence-corrected chi connectivity index (χ1v) is 12.1. The lowest BCUT2D eigenvalue weighted by Crippen LogP contribution is -2.32. The van der Waals surface area contributed by atoms with Crippen LogP contribution < -0.4 is 20.7 Å². The van der Waals surface area contributed by atoms with Crippen molar-refractivity contribution in [1.29, 1.82) is 0 Å². The van der Waals surface area contributed by atoms with E-state index in [1.807, 2.05) is 79.7 Å². The molecule has 3 aromatic rings. The van der Waals surface area contributed by atoms with Gasteiger partial charge in [-0.25, -0.2) is 4.99 Å². The number of hydrogen-bond acceptors (Lipinski definition) is 6. The molecule has 0 fully saturated rings. The Hall–Kier alpha value is -4.04. The molecular weight excluding hydrogens is 460 g/mol. The van der Waals surface area contributed by atoms with Crippen molar-refractivity contribution in [3.63, 3.8) is 0 Å². The van der Waals surface area contributed by atoms with Crippen molar-refractivity contribution in [3.8, 4) is 5.75 Å². The van der Waals surface area contributed by atoms with E-state index >= 15 is 0 Å². The molecule has 3 N–H and O–H groups in total. The van der Waals surface area contributed by atoms with Gasteiger partial charge in [0.1, 0.15) is 11.8 Å². The highest BCUT2D eigenvalue weighted by atomic mass is 32.2. The first-order valence-electron chi connectivity index (χ1n) is 11.1. The van der Waals surface area contributed by atoms with Crippen molar-refractivity contribution in [2.24, 2.45) is 4.99 Å². The van der Waals surface area contributed by atoms with Gasteiger partial charge in [0, 0.05) is 11.4 Å². The van der Waals surface area contributed by atoms with Crippen LogP contribution in [0.25, 0.3) is 0 Å². The Balaban J connectivity index is 1.50. The zero-order valence-corrected chi connectivity index (χ0v) is 20.3. The molecule has 1 aliphatic rings. The van der Waals surface area contributed by atoms with Gasteiger partial charge in [-0.2, -0.15) is 0 Å². The molecule has 0 radical (unpaired) electrons. The molecule has 2 amide bonds. The molecule has 0 bridgehead atoms. The van der Waals surface area contributed by atoms with Gasteiger partial charge in [0.25, 0.3) is 5.91 Å². The highest BCUT2D eigenvalue weighted by Crippen LogP contribution is 2.33. The van der Waals surface area contributed by atoms with Gasteiger partial charge in [-0.05, 0) is 36.8 Å². The van der Waals surface area contributed by atoms with Crippen LogP contribution >= 0.6 is 11.8 Å². The standard InChI is InChI=1S/C27H26N4O3S/c1-18-24(26(33)29-20-13-7-4-8-14-20)25(19-11-5-3-6-12-19)31-27(28-18)35-17-23(32)30-21-15-9-10-16-22(21)34-2/h3-16,25H,17H2,1-2H3,(H,28,31)(H,29,33)(H,30,32)/t25-/m0/s1. The van der Waals surface area contributed by atoms with Crippen molar-refractivity contribution in [3.05, 3.63) is 102 Å². The molecule has 178 valence electrons. The largest absolute Gasteiger partial charge is 0.495 e. The predicted molar refractivity (Wildman–Crippen MR) is 142 cm³/mol. The number of carbonyl (C=O) groups excluding carboxylic acids is 2. The first kappa shape index (κ1) is 24.1. The fourth-order valence-electron chi connectivity index (χ4n) is 3.68. The number of amides is 2. The molecule has 0 aliphatic carbocycles. The third-order valence-electron chi connectivity index (χ3n) is 5.33. The van der Waals surface area contributed by atoms with Crippen LogP contribution in [0.3, 0.4) is 0 Å². The minimum absolute atomic E-state index is 0.143. The quantitative estimate of drug-likeness (QED) is 0.438. The molecule has 1 heterocycles. The Kier molecular flexibility index (Phi) is 7.84. The van der Waals surface area contributed by atoms with Crippen LogP contribution in [0.2, 0.25) is 0 Å². The number of aliphatic imine (C=N–C) groups is 1. The SMILES string of the molecule is COc1ccccc1NC(=O)CSC1=N[C@@H](c2ccccc2)C(C(=O)Nc2ccccc2)=C(C)N1. The van der Waals surface area contributed by atoms with Crippen molar-refractivity contribution in [2.75, 3.05) is 23.5 Å². The van der Waals surface area contributed by atoms with E-state index in [2.05, 4.69) is 16.0 Å². The molecule has 8 heteroatoms. The van der Waals surface area contributed by atoms with E-state index in [1.165, 1.54) is 11.8 Å². The normalized spacial score (nSPS) is 15.0. The Morgan fingerprint density at radius 3 is 2.31 bits per heavy atom. The molecule has 1 aliphatic heterocycles. The molecule has 0 spiro atoms. The number of para-hydroxylation sites is 3. The number of rotatable bonds is 7. The number of ether oxygens (including phenoxy) is 1. The number of nitrogens with zero attached hydrogens (tertiary/aromatic N) is 1. The minimum atomic E-state index is -0.499. The van der Waals surface area contributed by atoms with Crippen LogP contribution in [-0.4, -0.2) is 29.8 Å². The maximum Gasteiger partial charge on any atom is 0.255 e. The lowest BCUT2D eigenvalue weighted by atomic mass is 9.96. The molecular formula is C27H26N4O3S. The van der Waals surface area contributed by atoms with E-state index in [4.69, 9.17) is 9.73 Å². The van der Waals surface area contributed by atoms with Gasteiger partial charge in [-0.3, -0.25) is 9.59 Å². The summed E-state index contributed by atoms with van der Waals surface area (Å²) in [6.45, 7) is 1.85. The minimum Gasteiger partial charge on any atom is -0.495 e. The second-order valence-electron chi connectivity index (χ2n) is 7.77. The molecule has 1 atom stereocenters. The number of hydrogen-bond donors (Lipinski definition) is 3. The van der Waals surface area contributed by atoms with Gasteiger partial charge in [-0.1, -0.05) is 72.4 Å². The van der Waals surface area contributed by atoms with Crippen molar-refractivity contribution in [2.45, 2.75) is 13.0 Å². The van der Waals surface area contributed by atoms with E-state index in [9.17, 15) is 9.59 Å². The summed E-state index contributed by atoms with van der Waals surface area (Å²) in [5.74, 6) is 0.326. The number of anilines is 2. The lowest BCUT2D eigenvalue weighted by Gasteiger charge is -2.26. The van der Waals surface area contributed by atoms with Gasteiger partial charge in [0.2, 0.25) is 5.91 Å². The molecule has 35 heavy (non-hydrogen) atoms. The third kappa shape index (κ3) is 6.10. The van der Waals surface area contributed by atoms with Gasteiger partial charge in [0.15, 0.2) is 5.17 Å². The average Bonchev–Trinajstić information content (AvgIpc) is 2.88. The summed E-state index contributed by atoms with van der Waals surface area (Å²) in [4.78, 5) is 30.6. The van der Waals surface area contributed by atoms with Crippen molar-refractivity contribution in [1.82, 2.24) is 5.32 Å². The smallest absolute Gasteiger partial charge is 0.255 e. The van der Waals surface area contributed by atoms with E-state index < -0.39 is 6.04 Å². The molecule has 3 aromatic carbocycles. The van der Waals surface area contributed by atoms with Crippen molar-refractivity contribution < 1.29 is 14.3 Å². The number of allylic oxidation sites excluding steroid dienone is 1. The maximum atomic E-state index is 13.2. The van der Waals surface area contributed by atoms with Gasteiger partial charge in [-0.15, -0.1) is 0 Å². The van der Waals surface area contributed by atoms with E-state index in [0.29, 0.717) is 33.6 Å². The highest BCUT2D eigenvalue weighted by Gasteiger charge is 2.29. The zero-order valence-electron chi connectivity index (χ0n) is 19.4. The van der Waals surface area contributed by atoms with Crippen LogP contribution in [-0.2, 0) is 9.59 Å². The van der Waals surface area contributed by atoms with E-state index in [0.717, 1.165) is 5.56 Å². The second kappa shape index (κ2) is 11.4. The monoisotopic (exact) mass is 486 g/mol. The third-order valence-corrected chi connectivity index (χ3v) is 6.22. The second-order valence-corrected chi connectivity index (χ2v) is 8.73. The molecule has 0 saturated heterocycles. The number of benzene rings is 3. The van der Waals surface area contributed by atoms with Crippen LogP contribution in [0, 0.1) is 0 Å². The molecule has 0 unspecified atom stereocenters. The number of nitrogens with one attached hydrogen (secondary N) is 3. The van der Waals surface area contributed by atoms with Crippen LogP contribution in [0.4, 0.5) is 11.4 Å². The summed E-state index contributed by atoms with van der Waals surface area (Å²) in [6.07, 6.45) is 0. The zero-order chi connectivity index (χ0) is 24.6. The van der Waals surface area contributed by atoms with Gasteiger partial charge in [0.05, 0.1) is 24.1 Å². The van der Waals surface area contributed by atoms with Crippen molar-refractivity contribution >= 4 is 40.1 Å². The molecule has 7 nitrogen and oxygen atoms in total. The summed E-state index contributed by atoms with van der Waals surface area (Å²) in [7, 11) is 1.56. The summed E-state index contributed by atoms with van der Waals surface area (Å²) < 4.78 is 5.29. The summed E-state index contributed by atoms with van der Waals surface area (Å²) in [5.41, 5.74) is 3.43. The molecule has 0 saturated carbocycles. The van der Waals surface area contributed by atoms with E-state index in [1.54, 1.807) is 19.2 Å². The fraction of sp³-hybridized carbons (Fsp3) is 0.148. The topological polar surface area (TPSA) is 91.8 Å². The van der Waals surface area contributed by atoms with Crippen LogP contribution in [0.15, 0.2) is 101 Å². The average molecular weight is 487 g/mol.